The summed E-state index contributed by atoms with van der Waals surface area (Å²) in [5.41, 5.74) is 2.56. The minimum absolute atomic E-state index is 0.270. The van der Waals surface area contributed by atoms with Crippen molar-refractivity contribution in [3.05, 3.63) is 33.8 Å². The van der Waals surface area contributed by atoms with E-state index in [1.807, 2.05) is 0 Å². The van der Waals surface area contributed by atoms with Crippen LogP contribution in [0, 0.1) is 6.92 Å². The van der Waals surface area contributed by atoms with Crippen LogP contribution in [0.15, 0.2) is 22.7 Å². The molecule has 2 N–H and O–H groups in total. The number of β-amino-alcohol motifs (C(OH)–C–C–N with tert-alkyl or cyclic N) is 1. The third kappa shape index (κ3) is 4.88. The lowest BCUT2D eigenvalue weighted by molar-refractivity contribution is 0.123. The van der Waals surface area contributed by atoms with Crippen LogP contribution >= 0.6 is 15.9 Å². The summed E-state index contributed by atoms with van der Waals surface area (Å²) in [6.45, 7) is 6.67. The van der Waals surface area contributed by atoms with Crippen molar-refractivity contribution in [1.29, 1.82) is 0 Å². The summed E-state index contributed by atoms with van der Waals surface area (Å²) in [4.78, 5) is 2.34. The molecule has 1 fully saturated rings. The van der Waals surface area contributed by atoms with Crippen LogP contribution in [0.1, 0.15) is 24.0 Å². The van der Waals surface area contributed by atoms with E-state index in [4.69, 9.17) is 0 Å². The molecule has 4 heteroatoms. The highest BCUT2D eigenvalue weighted by Gasteiger charge is 2.15. The summed E-state index contributed by atoms with van der Waals surface area (Å²) in [6.07, 6.45) is 2.28. The summed E-state index contributed by atoms with van der Waals surface area (Å²) in [6, 6.07) is 6.31. The summed E-state index contributed by atoms with van der Waals surface area (Å²) < 4.78 is 1.11. The Morgan fingerprint density at radius 1 is 1.37 bits per heavy atom. The van der Waals surface area contributed by atoms with Crippen molar-refractivity contribution in [3.8, 4) is 0 Å². The number of hydrogen-bond donors (Lipinski definition) is 2. The Hall–Kier alpha value is -0.420. The second-order valence-corrected chi connectivity index (χ2v) is 6.28. The smallest absolute Gasteiger partial charge is 0.0791 e. The standard InChI is InChI=1S/C15H23BrN2O/c1-12-8-14(16)5-4-13(12)9-17-10-15(19)11-18-6-2-3-7-18/h4-5,8,15,17,19H,2-3,6-7,9-11H2,1H3. The molecular formula is C15H23BrN2O. The van der Waals surface area contributed by atoms with Crippen molar-refractivity contribution in [2.75, 3.05) is 26.2 Å². The molecule has 0 spiro atoms. The number of halogens is 1. The van der Waals surface area contributed by atoms with Crippen molar-refractivity contribution < 1.29 is 5.11 Å². The van der Waals surface area contributed by atoms with Crippen LogP contribution in [-0.2, 0) is 6.54 Å². The number of benzene rings is 1. The van der Waals surface area contributed by atoms with Gasteiger partial charge in [-0.05, 0) is 56.1 Å². The summed E-state index contributed by atoms with van der Waals surface area (Å²) in [5.74, 6) is 0. The van der Waals surface area contributed by atoms with Gasteiger partial charge in [0.25, 0.3) is 0 Å². The van der Waals surface area contributed by atoms with E-state index < -0.39 is 0 Å². The quantitative estimate of drug-likeness (QED) is 0.842. The summed E-state index contributed by atoms with van der Waals surface area (Å²) >= 11 is 3.47. The second kappa shape index (κ2) is 7.39. The van der Waals surface area contributed by atoms with E-state index in [0.29, 0.717) is 6.54 Å². The van der Waals surface area contributed by atoms with Crippen molar-refractivity contribution in [2.45, 2.75) is 32.4 Å². The molecule has 1 heterocycles. The fraction of sp³-hybridized carbons (Fsp3) is 0.600. The molecule has 1 unspecified atom stereocenters. The monoisotopic (exact) mass is 326 g/mol. The number of nitrogens with zero attached hydrogens (tertiary/aromatic N) is 1. The van der Waals surface area contributed by atoms with Gasteiger partial charge in [0.2, 0.25) is 0 Å². The number of nitrogens with one attached hydrogen (secondary N) is 1. The Morgan fingerprint density at radius 3 is 2.79 bits per heavy atom. The van der Waals surface area contributed by atoms with Crippen LogP contribution in [0.5, 0.6) is 0 Å². The summed E-state index contributed by atoms with van der Waals surface area (Å²) in [7, 11) is 0. The van der Waals surface area contributed by atoms with Crippen LogP contribution in [0.25, 0.3) is 0 Å². The van der Waals surface area contributed by atoms with Gasteiger partial charge in [-0.3, -0.25) is 0 Å². The van der Waals surface area contributed by atoms with Gasteiger partial charge in [-0.15, -0.1) is 0 Å². The fourth-order valence-electron chi connectivity index (χ4n) is 2.56. The first-order valence-corrected chi connectivity index (χ1v) is 7.80. The van der Waals surface area contributed by atoms with Crippen LogP contribution < -0.4 is 5.32 Å². The lowest BCUT2D eigenvalue weighted by Crippen LogP contribution is -2.36. The molecule has 106 valence electrons. The number of rotatable bonds is 6. The molecule has 0 aliphatic carbocycles. The molecule has 1 aromatic carbocycles. The van der Waals surface area contributed by atoms with Crippen molar-refractivity contribution >= 4 is 15.9 Å². The van der Waals surface area contributed by atoms with E-state index in [0.717, 1.165) is 30.7 Å². The molecule has 1 saturated heterocycles. The normalized spacial score (nSPS) is 17.8. The van der Waals surface area contributed by atoms with E-state index in [1.165, 1.54) is 24.0 Å². The Labute approximate surface area is 124 Å². The molecule has 0 bridgehead atoms. The first kappa shape index (κ1) is 15.0. The van der Waals surface area contributed by atoms with Gasteiger partial charge in [-0.1, -0.05) is 22.0 Å². The second-order valence-electron chi connectivity index (χ2n) is 5.36. The lowest BCUT2D eigenvalue weighted by Gasteiger charge is -2.19. The first-order valence-electron chi connectivity index (χ1n) is 7.01. The molecule has 2 rings (SSSR count). The third-order valence-electron chi connectivity index (χ3n) is 3.67. The van der Waals surface area contributed by atoms with Crippen molar-refractivity contribution in [2.24, 2.45) is 0 Å². The van der Waals surface area contributed by atoms with Crippen LogP contribution in [0.4, 0.5) is 0 Å². The lowest BCUT2D eigenvalue weighted by atomic mass is 10.1. The number of hydrogen-bond acceptors (Lipinski definition) is 3. The minimum Gasteiger partial charge on any atom is -0.390 e. The number of aryl methyl sites for hydroxylation is 1. The fourth-order valence-corrected chi connectivity index (χ4v) is 3.03. The maximum Gasteiger partial charge on any atom is 0.0791 e. The zero-order valence-electron chi connectivity index (χ0n) is 11.5. The Balaban J connectivity index is 1.70. The van der Waals surface area contributed by atoms with Crippen LogP contribution in [-0.4, -0.2) is 42.3 Å². The zero-order chi connectivity index (χ0) is 13.7. The molecule has 19 heavy (non-hydrogen) atoms. The van der Waals surface area contributed by atoms with E-state index in [1.54, 1.807) is 0 Å². The molecule has 1 atom stereocenters. The van der Waals surface area contributed by atoms with Crippen molar-refractivity contribution in [3.63, 3.8) is 0 Å². The average molecular weight is 327 g/mol. The largest absolute Gasteiger partial charge is 0.390 e. The molecule has 1 aliphatic rings. The molecule has 1 aromatic rings. The molecule has 1 aliphatic heterocycles. The predicted molar refractivity (Wildman–Crippen MR) is 82.3 cm³/mol. The number of aliphatic hydroxyl groups is 1. The highest BCUT2D eigenvalue weighted by Crippen LogP contribution is 2.15. The van der Waals surface area contributed by atoms with Crippen LogP contribution in [0.2, 0.25) is 0 Å². The number of likely N-dealkylation sites (tertiary alicyclic amines) is 1. The topological polar surface area (TPSA) is 35.5 Å². The predicted octanol–water partition coefficient (Wildman–Crippen LogP) is 2.30. The number of aliphatic hydroxyl groups excluding tert-OH is 1. The zero-order valence-corrected chi connectivity index (χ0v) is 13.1. The molecular weight excluding hydrogens is 304 g/mol. The maximum atomic E-state index is 9.99. The van der Waals surface area contributed by atoms with Gasteiger partial charge in [0.1, 0.15) is 0 Å². The van der Waals surface area contributed by atoms with E-state index in [9.17, 15) is 5.11 Å². The van der Waals surface area contributed by atoms with E-state index >= 15 is 0 Å². The Morgan fingerprint density at radius 2 is 2.11 bits per heavy atom. The van der Waals surface area contributed by atoms with Gasteiger partial charge < -0.3 is 15.3 Å². The van der Waals surface area contributed by atoms with Crippen LogP contribution in [0.3, 0.4) is 0 Å². The summed E-state index contributed by atoms with van der Waals surface area (Å²) in [5, 5.41) is 13.3. The van der Waals surface area contributed by atoms with Gasteiger partial charge in [0, 0.05) is 24.1 Å². The van der Waals surface area contributed by atoms with Gasteiger partial charge >= 0.3 is 0 Å². The molecule has 3 nitrogen and oxygen atoms in total. The Bertz CT molecular complexity index is 405. The van der Waals surface area contributed by atoms with Gasteiger partial charge in [0.05, 0.1) is 6.10 Å². The van der Waals surface area contributed by atoms with Gasteiger partial charge in [-0.2, -0.15) is 0 Å². The maximum absolute atomic E-state index is 9.99. The van der Waals surface area contributed by atoms with Gasteiger partial charge in [0.15, 0.2) is 0 Å². The third-order valence-corrected chi connectivity index (χ3v) is 4.16. The van der Waals surface area contributed by atoms with E-state index in [2.05, 4.69) is 51.3 Å². The molecule has 0 saturated carbocycles. The molecule has 0 aromatic heterocycles. The van der Waals surface area contributed by atoms with Gasteiger partial charge in [-0.25, -0.2) is 0 Å². The minimum atomic E-state index is -0.270. The highest BCUT2D eigenvalue weighted by molar-refractivity contribution is 9.10. The van der Waals surface area contributed by atoms with Crippen molar-refractivity contribution in [1.82, 2.24) is 10.2 Å². The average Bonchev–Trinajstić information content (AvgIpc) is 2.84. The van der Waals surface area contributed by atoms with E-state index in [-0.39, 0.29) is 6.10 Å². The molecule has 0 radical (unpaired) electrons. The SMILES string of the molecule is Cc1cc(Br)ccc1CNCC(O)CN1CCCC1. The Kier molecular flexibility index (Phi) is 5.82. The molecule has 0 amide bonds. The highest BCUT2D eigenvalue weighted by atomic mass is 79.9. The first-order chi connectivity index (χ1) is 9.15.